The molecule has 0 atom stereocenters. The molecule has 0 spiro atoms. The molecule has 0 N–H and O–H groups in total. The molecule has 4 bridgehead atoms. The van der Waals surface area contributed by atoms with Gasteiger partial charge in [0.1, 0.15) is 17.0 Å². The largest absolute Gasteiger partial charge is 0.497 e. The van der Waals surface area contributed by atoms with Gasteiger partial charge in [-0.05, 0) is 86.6 Å². The van der Waals surface area contributed by atoms with Crippen LogP contribution in [0.4, 0.5) is 8.78 Å². The standard InChI is InChI=1S/C26H28F2N4O2/c1-31(26-11-15-7-16(12-26)9-17(8-15)13-26)25(33)20-14-29-32-22(23(27)28)10-21(30-24(20)32)18-3-5-19(34-2)6-4-18/h3-6,10,14-17,23H,7-9,11-13H2,1-2H3. The highest BCUT2D eigenvalue weighted by Crippen LogP contribution is 2.57. The molecular formula is C26H28F2N4O2. The molecule has 2 heterocycles. The molecule has 2 aromatic heterocycles. The fourth-order valence-electron chi connectivity index (χ4n) is 7.07. The lowest BCUT2D eigenvalue weighted by Gasteiger charge is -2.59. The van der Waals surface area contributed by atoms with Gasteiger partial charge in [-0.15, -0.1) is 0 Å². The Bertz CT molecular complexity index is 1220. The molecule has 0 aliphatic heterocycles. The maximum atomic E-state index is 14.0. The molecule has 4 aliphatic rings. The van der Waals surface area contributed by atoms with Crippen molar-refractivity contribution in [3.05, 3.63) is 47.8 Å². The van der Waals surface area contributed by atoms with E-state index in [0.29, 0.717) is 34.8 Å². The van der Waals surface area contributed by atoms with Crippen molar-refractivity contribution in [2.24, 2.45) is 17.8 Å². The quantitative estimate of drug-likeness (QED) is 0.506. The molecule has 0 saturated heterocycles. The Morgan fingerprint density at radius 2 is 1.74 bits per heavy atom. The third-order valence-electron chi connectivity index (χ3n) is 8.36. The number of nitrogens with zero attached hydrogens (tertiary/aromatic N) is 4. The van der Waals surface area contributed by atoms with Crippen molar-refractivity contribution in [3.63, 3.8) is 0 Å². The third-order valence-corrected chi connectivity index (χ3v) is 8.36. The van der Waals surface area contributed by atoms with Gasteiger partial charge in [-0.25, -0.2) is 18.3 Å². The van der Waals surface area contributed by atoms with Crippen LogP contribution in [0.1, 0.15) is 61.0 Å². The van der Waals surface area contributed by atoms with E-state index in [0.717, 1.165) is 23.8 Å². The van der Waals surface area contributed by atoms with E-state index >= 15 is 0 Å². The average molecular weight is 467 g/mol. The van der Waals surface area contributed by atoms with Crippen molar-refractivity contribution < 1.29 is 18.3 Å². The smallest absolute Gasteiger partial charge is 0.280 e. The number of carbonyl (C=O) groups is 1. The second kappa shape index (κ2) is 7.75. The third kappa shape index (κ3) is 3.29. The summed E-state index contributed by atoms with van der Waals surface area (Å²) in [6.45, 7) is 0. The summed E-state index contributed by atoms with van der Waals surface area (Å²) in [4.78, 5) is 20.3. The van der Waals surface area contributed by atoms with E-state index in [4.69, 9.17) is 4.74 Å². The minimum Gasteiger partial charge on any atom is -0.497 e. The second-order valence-electron chi connectivity index (χ2n) is 10.4. The number of aromatic nitrogens is 3. The summed E-state index contributed by atoms with van der Waals surface area (Å²) in [6.07, 6.45) is 5.58. The van der Waals surface area contributed by atoms with Crippen LogP contribution in [0.3, 0.4) is 0 Å². The van der Waals surface area contributed by atoms with Crippen LogP contribution in [0, 0.1) is 17.8 Å². The number of carbonyl (C=O) groups excluding carboxylic acids is 1. The molecule has 7 rings (SSSR count). The van der Waals surface area contributed by atoms with Gasteiger partial charge >= 0.3 is 0 Å². The molecule has 6 nitrogen and oxygen atoms in total. The van der Waals surface area contributed by atoms with Crippen LogP contribution in [-0.4, -0.2) is 45.1 Å². The number of halogens is 2. The predicted molar refractivity (Wildman–Crippen MR) is 123 cm³/mol. The number of hydrogen-bond acceptors (Lipinski definition) is 4. The van der Waals surface area contributed by atoms with E-state index in [-0.39, 0.29) is 28.4 Å². The van der Waals surface area contributed by atoms with Crippen molar-refractivity contribution in [1.82, 2.24) is 19.5 Å². The first-order chi connectivity index (χ1) is 16.4. The zero-order valence-corrected chi connectivity index (χ0v) is 19.4. The fourth-order valence-corrected chi connectivity index (χ4v) is 7.07. The SMILES string of the molecule is COc1ccc(-c2cc(C(F)F)n3ncc(C(=O)N(C)C45CC6CC(CC(C6)C4)C5)c3n2)cc1. The van der Waals surface area contributed by atoms with E-state index in [9.17, 15) is 13.6 Å². The number of hydrogen-bond donors (Lipinski definition) is 0. The van der Waals surface area contributed by atoms with Crippen molar-refractivity contribution >= 4 is 11.6 Å². The summed E-state index contributed by atoms with van der Waals surface area (Å²) in [5, 5.41) is 4.16. The molecule has 0 unspecified atom stereocenters. The second-order valence-corrected chi connectivity index (χ2v) is 10.4. The van der Waals surface area contributed by atoms with Crippen LogP contribution in [0.2, 0.25) is 0 Å². The first-order valence-electron chi connectivity index (χ1n) is 12.0. The first-order valence-corrected chi connectivity index (χ1v) is 12.0. The van der Waals surface area contributed by atoms with Gasteiger partial charge in [0.15, 0.2) is 5.65 Å². The van der Waals surface area contributed by atoms with Gasteiger partial charge in [0.05, 0.1) is 19.0 Å². The molecule has 8 heteroatoms. The van der Waals surface area contributed by atoms with Gasteiger partial charge in [0, 0.05) is 18.2 Å². The van der Waals surface area contributed by atoms with Crippen LogP contribution >= 0.6 is 0 Å². The minimum atomic E-state index is -2.76. The molecule has 4 saturated carbocycles. The molecule has 1 amide bonds. The number of ether oxygens (including phenoxy) is 1. The number of benzene rings is 1. The zero-order chi connectivity index (χ0) is 23.6. The van der Waals surface area contributed by atoms with Gasteiger partial charge in [-0.3, -0.25) is 4.79 Å². The van der Waals surface area contributed by atoms with Crippen molar-refractivity contribution in [2.45, 2.75) is 50.5 Å². The Labute approximate surface area is 196 Å². The highest BCUT2D eigenvalue weighted by atomic mass is 19.3. The van der Waals surface area contributed by atoms with Gasteiger partial charge in [-0.2, -0.15) is 5.10 Å². The summed E-state index contributed by atoms with van der Waals surface area (Å²) in [5.74, 6) is 2.55. The summed E-state index contributed by atoms with van der Waals surface area (Å²) >= 11 is 0. The van der Waals surface area contributed by atoms with E-state index < -0.39 is 6.43 Å². The van der Waals surface area contributed by atoms with E-state index in [1.54, 1.807) is 31.4 Å². The Kier molecular flexibility index (Phi) is 4.90. The number of alkyl halides is 2. The summed E-state index contributed by atoms with van der Waals surface area (Å²) < 4.78 is 34.3. The number of methoxy groups -OCH3 is 1. The van der Waals surface area contributed by atoms with Gasteiger partial charge in [-0.1, -0.05) is 0 Å². The lowest BCUT2D eigenvalue weighted by molar-refractivity contribution is -0.0665. The highest BCUT2D eigenvalue weighted by molar-refractivity contribution is 6.00. The van der Waals surface area contributed by atoms with Gasteiger partial charge < -0.3 is 9.64 Å². The van der Waals surface area contributed by atoms with Crippen LogP contribution in [-0.2, 0) is 0 Å². The monoisotopic (exact) mass is 466 g/mol. The van der Waals surface area contributed by atoms with E-state index in [1.165, 1.54) is 31.5 Å². The van der Waals surface area contributed by atoms with Crippen molar-refractivity contribution in [2.75, 3.05) is 14.2 Å². The summed E-state index contributed by atoms with van der Waals surface area (Å²) in [6, 6.07) is 8.39. The van der Waals surface area contributed by atoms with Crippen LogP contribution in [0.25, 0.3) is 16.9 Å². The number of fused-ring (bicyclic) bond motifs is 1. The maximum Gasteiger partial charge on any atom is 0.280 e. The lowest BCUT2D eigenvalue weighted by Crippen LogP contribution is -2.60. The van der Waals surface area contributed by atoms with Crippen LogP contribution < -0.4 is 4.74 Å². The Morgan fingerprint density at radius 3 is 2.29 bits per heavy atom. The molecule has 0 radical (unpaired) electrons. The summed E-state index contributed by atoms with van der Waals surface area (Å²) in [5.41, 5.74) is 1.06. The maximum absolute atomic E-state index is 14.0. The number of rotatable bonds is 5. The average Bonchev–Trinajstić information content (AvgIpc) is 3.25. The molecule has 4 aliphatic carbocycles. The normalized spacial score (nSPS) is 27.5. The van der Waals surface area contributed by atoms with E-state index in [1.807, 2.05) is 11.9 Å². The lowest BCUT2D eigenvalue weighted by atomic mass is 9.52. The van der Waals surface area contributed by atoms with Crippen molar-refractivity contribution in [1.29, 1.82) is 0 Å². The molecule has 178 valence electrons. The molecule has 1 aromatic carbocycles. The molecule has 3 aromatic rings. The topological polar surface area (TPSA) is 59.7 Å². The van der Waals surface area contributed by atoms with Crippen LogP contribution in [0.5, 0.6) is 5.75 Å². The fraction of sp³-hybridized carbons (Fsp3) is 0.500. The van der Waals surface area contributed by atoms with Crippen LogP contribution in [0.15, 0.2) is 36.5 Å². The minimum absolute atomic E-state index is 0.140. The predicted octanol–water partition coefficient (Wildman–Crippen LogP) is 5.38. The van der Waals surface area contributed by atoms with Gasteiger partial charge in [0.25, 0.3) is 12.3 Å². The van der Waals surface area contributed by atoms with E-state index in [2.05, 4.69) is 10.1 Å². The molecule has 34 heavy (non-hydrogen) atoms. The first kappa shape index (κ1) is 21.5. The zero-order valence-electron chi connectivity index (χ0n) is 19.4. The van der Waals surface area contributed by atoms with Crippen molar-refractivity contribution in [3.8, 4) is 17.0 Å². The Hall–Kier alpha value is -3.03. The molecular weight excluding hydrogens is 438 g/mol. The number of amides is 1. The van der Waals surface area contributed by atoms with Gasteiger partial charge in [0.2, 0.25) is 0 Å². The summed E-state index contributed by atoms with van der Waals surface area (Å²) in [7, 11) is 3.44. The Balaban J connectivity index is 1.41. The molecule has 4 fully saturated rings. The Morgan fingerprint density at radius 1 is 1.12 bits per heavy atom. The highest BCUT2D eigenvalue weighted by Gasteiger charge is 2.54.